The molecule has 1 N–H and O–H groups in total. The molecule has 1 aliphatic carbocycles. The molecule has 0 spiro atoms. The predicted molar refractivity (Wildman–Crippen MR) is 91.1 cm³/mol. The van der Waals surface area contributed by atoms with Gasteiger partial charge < -0.3 is 5.32 Å². The summed E-state index contributed by atoms with van der Waals surface area (Å²) in [7, 11) is 0. The lowest BCUT2D eigenvalue weighted by Crippen LogP contribution is -2.38. The van der Waals surface area contributed by atoms with Crippen molar-refractivity contribution < 1.29 is 14.4 Å². The average molecular weight is 369 g/mol. The van der Waals surface area contributed by atoms with Gasteiger partial charge in [0.1, 0.15) is 0 Å². The summed E-state index contributed by atoms with van der Waals surface area (Å²) in [5.74, 6) is -0.196. The number of thioether (sulfide) groups is 1. The molecule has 10 heteroatoms. The van der Waals surface area contributed by atoms with E-state index in [-0.39, 0.29) is 23.9 Å². The van der Waals surface area contributed by atoms with E-state index in [0.717, 1.165) is 12.8 Å². The summed E-state index contributed by atoms with van der Waals surface area (Å²) < 4.78 is 0.625. The first-order chi connectivity index (χ1) is 11.5. The van der Waals surface area contributed by atoms with E-state index in [1.807, 2.05) is 6.92 Å². The van der Waals surface area contributed by atoms with Gasteiger partial charge in [0.15, 0.2) is 4.34 Å². The summed E-state index contributed by atoms with van der Waals surface area (Å²) in [5.41, 5.74) is 0. The Hall–Kier alpha value is -1.68. The zero-order chi connectivity index (χ0) is 17.3. The van der Waals surface area contributed by atoms with Crippen LogP contribution in [-0.4, -0.2) is 57.3 Å². The van der Waals surface area contributed by atoms with Crippen molar-refractivity contribution in [1.29, 1.82) is 0 Å². The molecule has 1 saturated carbocycles. The Morgan fingerprint density at radius 1 is 1.46 bits per heavy atom. The van der Waals surface area contributed by atoms with Crippen molar-refractivity contribution in [3.63, 3.8) is 0 Å². The molecular weight excluding hydrogens is 350 g/mol. The average Bonchev–Trinajstić information content (AvgIpc) is 3.14. The van der Waals surface area contributed by atoms with Crippen LogP contribution in [0.3, 0.4) is 0 Å². The number of nitrogens with zero attached hydrogens (tertiary/aromatic N) is 4. The molecule has 1 aliphatic heterocycles. The number of nitrogens with one attached hydrogen (secondary N) is 1. The summed E-state index contributed by atoms with van der Waals surface area (Å²) in [6.45, 7) is 4.45. The molecule has 2 fully saturated rings. The maximum absolute atomic E-state index is 12.3. The Bertz CT molecular complexity index is 661. The van der Waals surface area contributed by atoms with Crippen LogP contribution in [0.5, 0.6) is 0 Å². The summed E-state index contributed by atoms with van der Waals surface area (Å²) >= 11 is 2.58. The first-order valence-corrected chi connectivity index (χ1v) is 9.62. The number of imide groups is 1. The van der Waals surface area contributed by atoms with Gasteiger partial charge in [-0.15, -0.1) is 10.2 Å². The lowest BCUT2D eigenvalue weighted by Gasteiger charge is -2.17. The number of carbonyl (C=O) groups is 3. The van der Waals surface area contributed by atoms with Crippen LogP contribution in [0.1, 0.15) is 33.1 Å². The van der Waals surface area contributed by atoms with Crippen LogP contribution in [0.4, 0.5) is 9.93 Å². The van der Waals surface area contributed by atoms with Gasteiger partial charge in [-0.1, -0.05) is 30.0 Å². The lowest BCUT2D eigenvalue weighted by molar-refractivity contribution is -0.126. The van der Waals surface area contributed by atoms with Gasteiger partial charge in [-0.3, -0.25) is 19.4 Å². The second-order valence-corrected chi connectivity index (χ2v) is 8.22. The Kier molecular flexibility index (Phi) is 5.04. The van der Waals surface area contributed by atoms with Gasteiger partial charge in [0.05, 0.1) is 5.25 Å². The molecular formula is C14H19N5O3S2. The number of anilines is 1. The number of hydrogen-bond acceptors (Lipinski definition) is 7. The fourth-order valence-corrected chi connectivity index (χ4v) is 4.56. The van der Waals surface area contributed by atoms with E-state index < -0.39 is 5.25 Å². The first-order valence-electron chi connectivity index (χ1n) is 7.92. The van der Waals surface area contributed by atoms with Crippen molar-refractivity contribution >= 4 is 46.1 Å². The van der Waals surface area contributed by atoms with Crippen molar-refractivity contribution in [2.45, 2.75) is 48.7 Å². The highest BCUT2D eigenvalue weighted by atomic mass is 32.2. The van der Waals surface area contributed by atoms with Gasteiger partial charge in [-0.25, -0.2) is 4.79 Å². The van der Waals surface area contributed by atoms with Crippen LogP contribution in [0.15, 0.2) is 4.34 Å². The fraction of sp³-hybridized carbons (Fsp3) is 0.643. The Morgan fingerprint density at radius 2 is 2.21 bits per heavy atom. The molecule has 1 aromatic rings. The van der Waals surface area contributed by atoms with Crippen molar-refractivity contribution in [3.8, 4) is 0 Å². The lowest BCUT2D eigenvalue weighted by atomic mass is 10.4. The molecule has 2 aliphatic rings. The maximum Gasteiger partial charge on any atom is 0.324 e. The Morgan fingerprint density at radius 3 is 2.79 bits per heavy atom. The Balaban J connectivity index is 1.66. The molecule has 8 nitrogen and oxygen atoms in total. The minimum absolute atomic E-state index is 0.0445. The van der Waals surface area contributed by atoms with Crippen LogP contribution in [0.2, 0.25) is 0 Å². The number of rotatable bonds is 6. The SMILES string of the molecule is CCC(=O)N(c1nnc(S[C@H](C)C(=O)N2CCNC2=O)s1)C1CC1. The van der Waals surface area contributed by atoms with Crippen LogP contribution >= 0.6 is 23.1 Å². The second kappa shape index (κ2) is 7.06. The van der Waals surface area contributed by atoms with E-state index >= 15 is 0 Å². The van der Waals surface area contributed by atoms with E-state index in [0.29, 0.717) is 29.0 Å². The number of carbonyl (C=O) groups excluding carboxylic acids is 3. The standard InChI is InChI=1S/C14H19N5O3S2/c1-3-10(20)19(9-4-5-9)13-16-17-14(24-13)23-8(2)11(21)18-7-6-15-12(18)22/h8-9H,3-7H2,1-2H3,(H,15,22)/t8-/m1/s1. The van der Waals surface area contributed by atoms with Crippen LogP contribution < -0.4 is 10.2 Å². The second-order valence-electron chi connectivity index (χ2n) is 5.68. The molecule has 0 bridgehead atoms. The topological polar surface area (TPSA) is 95.5 Å². The molecule has 1 saturated heterocycles. The smallest absolute Gasteiger partial charge is 0.324 e. The summed E-state index contributed by atoms with van der Waals surface area (Å²) in [6, 6.07) is -0.116. The molecule has 3 rings (SSSR count). The van der Waals surface area contributed by atoms with E-state index in [9.17, 15) is 14.4 Å². The highest BCUT2D eigenvalue weighted by Gasteiger charge is 2.36. The summed E-state index contributed by atoms with van der Waals surface area (Å²) in [5, 5.41) is 11.0. The van der Waals surface area contributed by atoms with Gasteiger partial charge in [-0.05, 0) is 19.8 Å². The number of aromatic nitrogens is 2. The minimum atomic E-state index is -0.439. The normalized spacial score (nSPS) is 18.4. The van der Waals surface area contributed by atoms with Crippen LogP contribution in [-0.2, 0) is 9.59 Å². The van der Waals surface area contributed by atoms with Crippen molar-refractivity contribution in [1.82, 2.24) is 20.4 Å². The van der Waals surface area contributed by atoms with Gasteiger partial charge >= 0.3 is 6.03 Å². The van der Waals surface area contributed by atoms with E-state index in [1.54, 1.807) is 11.8 Å². The molecule has 130 valence electrons. The van der Waals surface area contributed by atoms with Crippen LogP contribution in [0, 0.1) is 0 Å². The monoisotopic (exact) mass is 369 g/mol. The van der Waals surface area contributed by atoms with E-state index in [2.05, 4.69) is 15.5 Å². The molecule has 4 amide bonds. The first kappa shape index (κ1) is 17.2. The highest BCUT2D eigenvalue weighted by molar-refractivity contribution is 8.02. The third-order valence-corrected chi connectivity index (χ3v) is 5.93. The number of amides is 4. The van der Waals surface area contributed by atoms with Gasteiger partial charge in [-0.2, -0.15) is 0 Å². The Labute approximate surface area is 148 Å². The van der Waals surface area contributed by atoms with E-state index in [1.165, 1.54) is 28.0 Å². The molecule has 0 radical (unpaired) electrons. The van der Waals surface area contributed by atoms with Gasteiger partial charge in [0, 0.05) is 25.6 Å². The predicted octanol–water partition coefficient (Wildman–Crippen LogP) is 1.48. The highest BCUT2D eigenvalue weighted by Crippen LogP contribution is 2.37. The van der Waals surface area contributed by atoms with Crippen molar-refractivity contribution in [3.05, 3.63) is 0 Å². The zero-order valence-corrected chi connectivity index (χ0v) is 15.2. The fourth-order valence-electron chi connectivity index (χ4n) is 2.42. The van der Waals surface area contributed by atoms with Gasteiger partial charge in [0.2, 0.25) is 16.9 Å². The largest absolute Gasteiger partial charge is 0.336 e. The zero-order valence-electron chi connectivity index (χ0n) is 13.5. The maximum atomic E-state index is 12.3. The molecule has 0 aromatic carbocycles. The third kappa shape index (κ3) is 3.54. The third-order valence-electron chi connectivity index (χ3n) is 3.83. The van der Waals surface area contributed by atoms with Crippen molar-refractivity contribution in [2.24, 2.45) is 0 Å². The summed E-state index contributed by atoms with van der Waals surface area (Å²) in [4.78, 5) is 38.9. The van der Waals surface area contributed by atoms with E-state index in [4.69, 9.17) is 0 Å². The molecule has 1 atom stereocenters. The number of hydrogen-bond donors (Lipinski definition) is 1. The van der Waals surface area contributed by atoms with Gasteiger partial charge in [0.25, 0.3) is 0 Å². The van der Waals surface area contributed by atoms with Crippen molar-refractivity contribution in [2.75, 3.05) is 18.0 Å². The minimum Gasteiger partial charge on any atom is -0.336 e. The molecule has 0 unspecified atom stereocenters. The molecule has 2 heterocycles. The number of urea groups is 1. The van der Waals surface area contributed by atoms with Crippen LogP contribution in [0.25, 0.3) is 0 Å². The molecule has 24 heavy (non-hydrogen) atoms. The summed E-state index contributed by atoms with van der Waals surface area (Å²) in [6.07, 6.45) is 2.41. The molecule has 1 aromatic heterocycles. The quantitative estimate of drug-likeness (QED) is 0.603.